The van der Waals surface area contributed by atoms with Crippen LogP contribution in [0.2, 0.25) is 0 Å². The van der Waals surface area contributed by atoms with Crippen LogP contribution in [-0.2, 0) is 16.6 Å². The van der Waals surface area contributed by atoms with E-state index in [-0.39, 0.29) is 6.04 Å². The molecule has 5 nitrogen and oxygen atoms in total. The predicted octanol–water partition coefficient (Wildman–Crippen LogP) is 1.89. The molecule has 1 aromatic heterocycles. The van der Waals surface area contributed by atoms with Crippen molar-refractivity contribution in [3.05, 3.63) is 18.0 Å². The average molecular weight is 319 g/mol. The van der Waals surface area contributed by atoms with E-state index in [4.69, 9.17) is 0 Å². The second-order valence-electron chi connectivity index (χ2n) is 4.68. The van der Waals surface area contributed by atoms with E-state index >= 15 is 0 Å². The third kappa shape index (κ3) is 4.25. The molecule has 1 heterocycles. The van der Waals surface area contributed by atoms with Gasteiger partial charge in [0.2, 0.25) is 10.0 Å². The van der Waals surface area contributed by atoms with E-state index in [9.17, 15) is 8.42 Å². The summed E-state index contributed by atoms with van der Waals surface area (Å²) in [5.74, 6) is 0.806. The maximum Gasteiger partial charge on any atom is 0.244 e. The maximum absolute atomic E-state index is 12.6. The van der Waals surface area contributed by atoms with Gasteiger partial charge in [-0.15, -0.1) is 0 Å². The van der Waals surface area contributed by atoms with Crippen LogP contribution in [0.15, 0.2) is 17.2 Å². The summed E-state index contributed by atoms with van der Waals surface area (Å²) in [7, 11) is -1.75. The molecule has 2 N–H and O–H groups in total. The van der Waals surface area contributed by atoms with Gasteiger partial charge < -0.3 is 10.3 Å². The molecule has 0 saturated carbocycles. The number of rotatable bonds is 9. The third-order valence-corrected chi connectivity index (χ3v) is 5.91. The van der Waals surface area contributed by atoms with Crippen molar-refractivity contribution in [1.29, 1.82) is 0 Å². The van der Waals surface area contributed by atoms with E-state index in [0.29, 0.717) is 11.4 Å². The lowest BCUT2D eigenvalue weighted by atomic mass is 10.3. The highest BCUT2D eigenvalue weighted by molar-refractivity contribution is 7.98. The van der Waals surface area contributed by atoms with Crippen molar-refractivity contribution in [3.8, 4) is 0 Å². The Kier molecular flexibility index (Phi) is 7.08. The fourth-order valence-corrected chi connectivity index (χ4v) is 4.35. The minimum Gasteiger partial charge on any atom is -0.363 e. The van der Waals surface area contributed by atoms with Crippen LogP contribution in [-0.4, -0.2) is 49.3 Å². The molecule has 0 aliphatic rings. The van der Waals surface area contributed by atoms with Crippen molar-refractivity contribution in [3.63, 3.8) is 0 Å². The van der Waals surface area contributed by atoms with E-state index in [1.54, 1.807) is 31.1 Å². The number of aromatic amines is 1. The van der Waals surface area contributed by atoms with Gasteiger partial charge in [-0.25, -0.2) is 8.42 Å². The lowest BCUT2D eigenvalue weighted by Crippen LogP contribution is -2.38. The van der Waals surface area contributed by atoms with E-state index in [0.717, 1.165) is 24.4 Å². The summed E-state index contributed by atoms with van der Waals surface area (Å²) in [6.45, 7) is 5.54. The summed E-state index contributed by atoms with van der Waals surface area (Å²) in [6.07, 6.45) is 4.38. The Morgan fingerprint density at radius 3 is 2.70 bits per heavy atom. The standard InChI is InChI=1S/C13H25N3O2S2/c1-5-12(10-19-4)16(3)20(17,18)13-7-11(15-9-13)8-14-6-2/h7,9,12,14-15H,5-6,8,10H2,1-4H3. The zero-order valence-corrected chi connectivity index (χ0v) is 14.3. The van der Waals surface area contributed by atoms with Gasteiger partial charge in [0.25, 0.3) is 0 Å². The van der Waals surface area contributed by atoms with E-state index in [1.807, 2.05) is 20.1 Å². The fourth-order valence-electron chi connectivity index (χ4n) is 1.96. The molecule has 0 amide bonds. The molecular weight excluding hydrogens is 294 g/mol. The minimum absolute atomic E-state index is 0.0297. The molecule has 116 valence electrons. The fraction of sp³-hybridized carbons (Fsp3) is 0.692. The summed E-state index contributed by atoms with van der Waals surface area (Å²) in [5.41, 5.74) is 0.886. The third-order valence-electron chi connectivity index (χ3n) is 3.30. The van der Waals surface area contributed by atoms with Gasteiger partial charge >= 0.3 is 0 Å². The molecule has 20 heavy (non-hydrogen) atoms. The van der Waals surface area contributed by atoms with Crippen molar-refractivity contribution in [2.75, 3.05) is 25.6 Å². The summed E-state index contributed by atoms with van der Waals surface area (Å²) in [4.78, 5) is 3.36. The van der Waals surface area contributed by atoms with Crippen LogP contribution in [0.5, 0.6) is 0 Å². The number of thioether (sulfide) groups is 1. The molecule has 0 radical (unpaired) electrons. The van der Waals surface area contributed by atoms with Gasteiger partial charge in [-0.3, -0.25) is 0 Å². The first-order valence-electron chi connectivity index (χ1n) is 6.82. The average Bonchev–Trinajstić information content (AvgIpc) is 2.91. The lowest BCUT2D eigenvalue weighted by molar-refractivity contribution is 0.385. The quantitative estimate of drug-likeness (QED) is 0.729. The first-order valence-corrected chi connectivity index (χ1v) is 9.65. The first-order chi connectivity index (χ1) is 9.47. The molecule has 0 saturated heterocycles. The Morgan fingerprint density at radius 2 is 2.15 bits per heavy atom. The maximum atomic E-state index is 12.6. The number of hydrogen-bond donors (Lipinski definition) is 2. The highest BCUT2D eigenvalue weighted by Gasteiger charge is 2.27. The molecule has 7 heteroatoms. The van der Waals surface area contributed by atoms with Crippen LogP contribution in [0.25, 0.3) is 0 Å². The summed E-state index contributed by atoms with van der Waals surface area (Å²) in [5, 5.41) is 3.17. The number of H-pyrrole nitrogens is 1. The Labute approximate surface area is 126 Å². The topological polar surface area (TPSA) is 65.2 Å². The van der Waals surface area contributed by atoms with Crippen LogP contribution in [0.3, 0.4) is 0 Å². The minimum atomic E-state index is -3.42. The SMILES string of the molecule is CCNCc1cc(S(=O)(=O)N(C)C(CC)CSC)c[nH]1. The smallest absolute Gasteiger partial charge is 0.244 e. The van der Waals surface area contributed by atoms with Crippen molar-refractivity contribution in [1.82, 2.24) is 14.6 Å². The highest BCUT2D eigenvalue weighted by atomic mass is 32.2. The summed E-state index contributed by atoms with van der Waals surface area (Å²) >= 11 is 1.67. The van der Waals surface area contributed by atoms with Gasteiger partial charge in [0.15, 0.2) is 0 Å². The molecule has 0 fully saturated rings. The Morgan fingerprint density at radius 1 is 1.45 bits per heavy atom. The van der Waals surface area contributed by atoms with Crippen LogP contribution < -0.4 is 5.32 Å². The predicted molar refractivity (Wildman–Crippen MR) is 85.6 cm³/mol. The van der Waals surface area contributed by atoms with E-state index in [2.05, 4.69) is 10.3 Å². The Bertz CT molecular complexity index is 499. The lowest BCUT2D eigenvalue weighted by Gasteiger charge is -2.25. The number of nitrogens with one attached hydrogen (secondary N) is 2. The van der Waals surface area contributed by atoms with Crippen LogP contribution >= 0.6 is 11.8 Å². The zero-order valence-electron chi connectivity index (χ0n) is 12.6. The Hall–Kier alpha value is -0.500. The van der Waals surface area contributed by atoms with E-state index in [1.165, 1.54) is 4.31 Å². The molecule has 0 aliphatic heterocycles. The summed E-state index contributed by atoms with van der Waals surface area (Å²) in [6, 6.07) is 1.74. The first kappa shape index (κ1) is 17.6. The number of hydrogen-bond acceptors (Lipinski definition) is 4. The second kappa shape index (κ2) is 8.07. The van der Waals surface area contributed by atoms with Crippen molar-refractivity contribution in [2.45, 2.75) is 37.8 Å². The molecule has 1 rings (SSSR count). The molecule has 0 spiro atoms. The highest BCUT2D eigenvalue weighted by Crippen LogP contribution is 2.20. The van der Waals surface area contributed by atoms with Crippen molar-refractivity contribution < 1.29 is 8.42 Å². The molecule has 0 aliphatic carbocycles. The van der Waals surface area contributed by atoms with Crippen molar-refractivity contribution in [2.24, 2.45) is 0 Å². The van der Waals surface area contributed by atoms with Gasteiger partial charge in [-0.05, 0) is 25.3 Å². The number of aromatic nitrogens is 1. The van der Waals surface area contributed by atoms with Gasteiger partial charge in [0, 0.05) is 37.3 Å². The van der Waals surface area contributed by atoms with Crippen LogP contribution in [0.1, 0.15) is 26.0 Å². The van der Waals surface area contributed by atoms with E-state index < -0.39 is 10.0 Å². The van der Waals surface area contributed by atoms with Crippen LogP contribution in [0.4, 0.5) is 0 Å². The van der Waals surface area contributed by atoms with Gasteiger partial charge in [0.05, 0.1) is 4.90 Å². The molecular formula is C13H25N3O2S2. The van der Waals surface area contributed by atoms with Gasteiger partial charge in [0.1, 0.15) is 0 Å². The number of nitrogens with zero attached hydrogens (tertiary/aromatic N) is 1. The van der Waals surface area contributed by atoms with Crippen molar-refractivity contribution >= 4 is 21.8 Å². The van der Waals surface area contributed by atoms with Gasteiger partial charge in [-0.2, -0.15) is 16.1 Å². The molecule has 1 aromatic rings. The molecule has 1 atom stereocenters. The monoisotopic (exact) mass is 319 g/mol. The van der Waals surface area contributed by atoms with Crippen LogP contribution in [0, 0.1) is 0 Å². The summed E-state index contributed by atoms with van der Waals surface area (Å²) < 4.78 is 26.6. The molecule has 0 bridgehead atoms. The Balaban J connectivity index is 2.89. The second-order valence-corrected chi connectivity index (χ2v) is 7.59. The van der Waals surface area contributed by atoms with Gasteiger partial charge in [-0.1, -0.05) is 13.8 Å². The zero-order chi connectivity index (χ0) is 15.2. The molecule has 0 aromatic carbocycles. The molecule has 1 unspecified atom stereocenters. The largest absolute Gasteiger partial charge is 0.363 e. The normalized spacial score (nSPS) is 13.8. The number of sulfonamides is 1.